The molecule has 2 aromatic rings. The minimum Gasteiger partial charge on any atom is -0.497 e. The number of carboxylic acids is 1. The Morgan fingerprint density at radius 1 is 0.966 bits per heavy atom. The van der Waals surface area contributed by atoms with E-state index in [1.165, 1.54) is 0 Å². The van der Waals surface area contributed by atoms with E-state index in [-0.39, 0.29) is 18.6 Å². The number of hydrogen-bond donors (Lipinski definition) is 1. The van der Waals surface area contributed by atoms with Crippen molar-refractivity contribution in [2.24, 2.45) is 0 Å². The van der Waals surface area contributed by atoms with E-state index in [9.17, 15) is 14.7 Å². The number of alkyl halides is 2. The summed E-state index contributed by atoms with van der Waals surface area (Å²) >= 11 is 11.7. The fourth-order valence-corrected chi connectivity index (χ4v) is 3.58. The molecule has 0 unspecified atom stereocenters. The van der Waals surface area contributed by atoms with Gasteiger partial charge in [-0.15, -0.1) is 23.2 Å². The van der Waals surface area contributed by atoms with E-state index in [1.807, 2.05) is 12.1 Å². The van der Waals surface area contributed by atoms with Crippen molar-refractivity contribution in [1.82, 2.24) is 0 Å². The molecule has 2 rings (SSSR count). The summed E-state index contributed by atoms with van der Waals surface area (Å²) in [6, 6.07) is 14.4. The van der Waals surface area contributed by atoms with Crippen molar-refractivity contribution in [2.45, 2.75) is 18.8 Å². The average Bonchev–Trinajstić information content (AvgIpc) is 2.73. The molecule has 0 aliphatic carbocycles. The maximum absolute atomic E-state index is 12.8. The standard InChI is InChI=1S/C22H25Cl2NO4/c1-29-20-8-4-16(5-9-20)18(15-22(27)28)14-21(26)17-2-6-19(7-3-17)25(12-10-23)13-11-24/h2-9,18H,10-15H2,1H3,(H,27,28)/t18-/m1/s1. The summed E-state index contributed by atoms with van der Waals surface area (Å²) < 4.78 is 5.14. The van der Waals surface area contributed by atoms with Gasteiger partial charge in [-0.05, 0) is 42.0 Å². The third-order valence-corrected chi connectivity index (χ3v) is 5.04. The van der Waals surface area contributed by atoms with Crippen LogP contribution in [0.25, 0.3) is 0 Å². The topological polar surface area (TPSA) is 66.8 Å². The molecule has 0 amide bonds. The summed E-state index contributed by atoms with van der Waals surface area (Å²) in [4.78, 5) is 26.2. The number of aliphatic carboxylic acids is 1. The van der Waals surface area contributed by atoms with E-state index in [0.717, 1.165) is 11.3 Å². The first-order valence-corrected chi connectivity index (χ1v) is 10.4. The number of Topliss-reactive ketones (excluding diaryl/α,β-unsaturated/α-hetero) is 1. The van der Waals surface area contributed by atoms with Gasteiger partial charge < -0.3 is 14.7 Å². The molecule has 0 radical (unpaired) electrons. The highest BCUT2D eigenvalue weighted by molar-refractivity contribution is 6.18. The molecule has 29 heavy (non-hydrogen) atoms. The van der Waals surface area contributed by atoms with Gasteiger partial charge in [0.2, 0.25) is 0 Å². The molecule has 2 aromatic carbocycles. The van der Waals surface area contributed by atoms with E-state index in [1.54, 1.807) is 43.5 Å². The number of rotatable bonds is 12. The number of ketones is 1. The first kappa shape index (κ1) is 23.0. The van der Waals surface area contributed by atoms with Crippen LogP contribution in [-0.2, 0) is 4.79 Å². The smallest absolute Gasteiger partial charge is 0.303 e. The second-order valence-corrected chi connectivity index (χ2v) is 7.36. The Kier molecular flexibility index (Phi) is 9.29. The second-order valence-electron chi connectivity index (χ2n) is 6.61. The molecule has 0 aliphatic rings. The SMILES string of the molecule is COc1ccc([C@@H](CC(=O)O)CC(=O)c2ccc(N(CCCl)CCCl)cc2)cc1. The normalized spacial score (nSPS) is 11.7. The van der Waals surface area contributed by atoms with Gasteiger partial charge in [0.25, 0.3) is 0 Å². The Morgan fingerprint density at radius 3 is 2.03 bits per heavy atom. The van der Waals surface area contributed by atoms with Crippen LogP contribution in [0.4, 0.5) is 5.69 Å². The Hall–Kier alpha value is -2.24. The number of hydrogen-bond acceptors (Lipinski definition) is 4. The molecule has 0 spiro atoms. The highest BCUT2D eigenvalue weighted by Crippen LogP contribution is 2.28. The molecule has 0 saturated carbocycles. The van der Waals surface area contributed by atoms with Gasteiger partial charge in [0.1, 0.15) is 5.75 Å². The van der Waals surface area contributed by atoms with Crippen molar-refractivity contribution in [2.75, 3.05) is 36.9 Å². The Morgan fingerprint density at radius 2 is 1.55 bits per heavy atom. The second kappa shape index (κ2) is 11.7. The maximum Gasteiger partial charge on any atom is 0.303 e. The monoisotopic (exact) mass is 437 g/mol. The van der Waals surface area contributed by atoms with Crippen molar-refractivity contribution in [3.8, 4) is 5.75 Å². The predicted octanol–water partition coefficient (Wildman–Crippen LogP) is 4.81. The van der Waals surface area contributed by atoms with Crippen LogP contribution in [0.3, 0.4) is 0 Å². The Labute approximate surface area is 181 Å². The minimum absolute atomic E-state index is 0.0974. The molecule has 0 bridgehead atoms. The van der Waals surface area contributed by atoms with Crippen LogP contribution in [0.1, 0.15) is 34.7 Å². The fourth-order valence-electron chi connectivity index (χ4n) is 3.17. The predicted molar refractivity (Wildman–Crippen MR) is 117 cm³/mol. The lowest BCUT2D eigenvalue weighted by atomic mass is 9.89. The van der Waals surface area contributed by atoms with Crippen molar-refractivity contribution < 1.29 is 19.4 Å². The molecular weight excluding hydrogens is 413 g/mol. The minimum atomic E-state index is -0.938. The van der Waals surface area contributed by atoms with Crippen LogP contribution < -0.4 is 9.64 Å². The van der Waals surface area contributed by atoms with Crippen LogP contribution in [-0.4, -0.2) is 48.8 Å². The van der Waals surface area contributed by atoms with Crippen LogP contribution in [0.2, 0.25) is 0 Å². The van der Waals surface area contributed by atoms with Gasteiger partial charge in [-0.3, -0.25) is 9.59 Å². The van der Waals surface area contributed by atoms with E-state index >= 15 is 0 Å². The van der Waals surface area contributed by atoms with Crippen LogP contribution >= 0.6 is 23.2 Å². The molecule has 0 heterocycles. The highest BCUT2D eigenvalue weighted by Gasteiger charge is 2.20. The molecule has 5 nitrogen and oxygen atoms in total. The zero-order valence-corrected chi connectivity index (χ0v) is 17.8. The van der Waals surface area contributed by atoms with Crippen molar-refractivity contribution >= 4 is 40.6 Å². The lowest BCUT2D eigenvalue weighted by Crippen LogP contribution is -2.27. The molecule has 7 heteroatoms. The lowest BCUT2D eigenvalue weighted by molar-refractivity contribution is -0.137. The molecule has 156 valence electrons. The molecule has 0 aliphatic heterocycles. The number of benzene rings is 2. The van der Waals surface area contributed by atoms with E-state index < -0.39 is 11.9 Å². The van der Waals surface area contributed by atoms with Gasteiger partial charge in [-0.25, -0.2) is 0 Å². The zero-order valence-electron chi connectivity index (χ0n) is 16.3. The quantitative estimate of drug-likeness (QED) is 0.381. The van der Waals surface area contributed by atoms with E-state index in [4.69, 9.17) is 27.9 Å². The van der Waals surface area contributed by atoms with Crippen molar-refractivity contribution in [3.63, 3.8) is 0 Å². The molecule has 0 aromatic heterocycles. The summed E-state index contributed by atoms with van der Waals surface area (Å²) in [6.07, 6.45) is 0.000421. The summed E-state index contributed by atoms with van der Waals surface area (Å²) in [5, 5.41) is 9.26. The third kappa shape index (κ3) is 6.94. The molecule has 1 atom stereocenters. The fraction of sp³-hybridized carbons (Fsp3) is 0.364. The summed E-state index contributed by atoms with van der Waals surface area (Å²) in [5.41, 5.74) is 2.29. The zero-order chi connectivity index (χ0) is 21.2. The number of nitrogens with zero attached hydrogens (tertiary/aromatic N) is 1. The van der Waals surface area contributed by atoms with Crippen molar-refractivity contribution in [1.29, 1.82) is 0 Å². The number of methoxy groups -OCH3 is 1. The molecular formula is C22H25Cl2NO4. The maximum atomic E-state index is 12.8. The van der Waals surface area contributed by atoms with Crippen LogP contribution in [0.15, 0.2) is 48.5 Å². The molecule has 0 fully saturated rings. The molecule has 0 saturated heterocycles. The third-order valence-electron chi connectivity index (χ3n) is 4.70. The van der Waals surface area contributed by atoms with Gasteiger partial charge in [0.05, 0.1) is 13.5 Å². The number of anilines is 1. The van der Waals surface area contributed by atoms with Gasteiger partial charge in [0.15, 0.2) is 5.78 Å². The Balaban J connectivity index is 2.14. The first-order valence-electron chi connectivity index (χ1n) is 9.34. The van der Waals surface area contributed by atoms with Crippen molar-refractivity contribution in [3.05, 3.63) is 59.7 Å². The Bertz CT molecular complexity index is 787. The van der Waals surface area contributed by atoms with Gasteiger partial charge >= 0.3 is 5.97 Å². The van der Waals surface area contributed by atoms with E-state index in [2.05, 4.69) is 4.90 Å². The molecule has 1 N–H and O–H groups in total. The van der Waals surface area contributed by atoms with Gasteiger partial charge in [-0.1, -0.05) is 12.1 Å². The van der Waals surface area contributed by atoms with Crippen LogP contribution in [0, 0.1) is 0 Å². The number of carbonyl (C=O) groups excluding carboxylic acids is 1. The average molecular weight is 438 g/mol. The highest BCUT2D eigenvalue weighted by atomic mass is 35.5. The number of carbonyl (C=O) groups is 2. The number of ether oxygens (including phenoxy) is 1. The van der Waals surface area contributed by atoms with Gasteiger partial charge in [-0.2, -0.15) is 0 Å². The number of carboxylic acid groups (broad SMARTS) is 1. The largest absolute Gasteiger partial charge is 0.497 e. The van der Waals surface area contributed by atoms with E-state index in [0.29, 0.717) is 36.2 Å². The first-order chi connectivity index (χ1) is 14.0. The summed E-state index contributed by atoms with van der Waals surface area (Å²) in [7, 11) is 1.57. The van der Waals surface area contributed by atoms with Gasteiger partial charge in [0, 0.05) is 48.4 Å². The lowest BCUT2D eigenvalue weighted by Gasteiger charge is -2.23. The number of halogens is 2. The summed E-state index contributed by atoms with van der Waals surface area (Å²) in [6.45, 7) is 1.33. The van der Waals surface area contributed by atoms with Crippen LogP contribution in [0.5, 0.6) is 5.75 Å². The summed E-state index contributed by atoms with van der Waals surface area (Å²) in [5.74, 6) is 0.205.